The number of anilines is 1. The van der Waals surface area contributed by atoms with Crippen LogP contribution in [0.5, 0.6) is 5.75 Å². The van der Waals surface area contributed by atoms with Gasteiger partial charge in [-0.1, -0.05) is 41.9 Å². The number of nitrogens with zero attached hydrogens (tertiary/aromatic N) is 1. The number of hydrogen-bond donors (Lipinski definition) is 1. The van der Waals surface area contributed by atoms with E-state index >= 15 is 0 Å². The number of non-ortho nitro benzene ring substituents is 1. The van der Waals surface area contributed by atoms with Crippen molar-refractivity contribution in [1.82, 2.24) is 0 Å². The quantitative estimate of drug-likeness (QED) is 0.512. The Morgan fingerprint density at radius 2 is 1.96 bits per heavy atom. The molecule has 1 N–H and O–H groups in total. The van der Waals surface area contributed by atoms with E-state index in [4.69, 9.17) is 16.3 Å². The van der Waals surface area contributed by atoms with Crippen LogP contribution in [0.15, 0.2) is 53.6 Å². The van der Waals surface area contributed by atoms with Gasteiger partial charge in [-0.25, -0.2) is 0 Å². The third kappa shape index (κ3) is 4.31. The maximum atomic E-state index is 12.1. The van der Waals surface area contributed by atoms with Crippen LogP contribution in [0.4, 0.5) is 11.4 Å². The SMILES string of the molecule is COc1ccc([N+](=O)[O-])cc1NC(=O)C(Cl)=Cc1ccccc1. The van der Waals surface area contributed by atoms with E-state index in [1.165, 1.54) is 31.4 Å². The second kappa shape index (κ2) is 7.42. The zero-order valence-electron chi connectivity index (χ0n) is 12.2. The second-order valence-corrected chi connectivity index (χ2v) is 4.91. The van der Waals surface area contributed by atoms with Crippen molar-refractivity contribution < 1.29 is 14.5 Å². The number of hydrogen-bond acceptors (Lipinski definition) is 4. The van der Waals surface area contributed by atoms with E-state index in [1.54, 1.807) is 12.1 Å². The van der Waals surface area contributed by atoms with Gasteiger partial charge >= 0.3 is 0 Å². The highest BCUT2D eigenvalue weighted by atomic mass is 35.5. The standard InChI is InChI=1S/C16H13ClN2O4/c1-23-15-8-7-12(19(21)22)10-14(15)18-16(20)13(17)9-11-5-3-2-4-6-11/h2-10H,1H3,(H,18,20). The number of benzene rings is 2. The molecule has 0 bridgehead atoms. The van der Waals surface area contributed by atoms with Crippen LogP contribution in [-0.4, -0.2) is 17.9 Å². The maximum absolute atomic E-state index is 12.1. The lowest BCUT2D eigenvalue weighted by Crippen LogP contribution is -2.12. The second-order valence-electron chi connectivity index (χ2n) is 4.50. The zero-order chi connectivity index (χ0) is 16.8. The predicted octanol–water partition coefficient (Wildman–Crippen LogP) is 3.82. The largest absolute Gasteiger partial charge is 0.495 e. The first-order chi connectivity index (χ1) is 11.0. The minimum atomic E-state index is -0.589. The third-order valence-electron chi connectivity index (χ3n) is 2.95. The Balaban J connectivity index is 2.24. The maximum Gasteiger partial charge on any atom is 0.271 e. The van der Waals surface area contributed by atoms with Gasteiger partial charge < -0.3 is 10.1 Å². The van der Waals surface area contributed by atoms with Gasteiger partial charge in [0.2, 0.25) is 0 Å². The number of halogens is 1. The van der Waals surface area contributed by atoms with E-state index in [0.717, 1.165) is 5.56 Å². The summed E-state index contributed by atoms with van der Waals surface area (Å²) in [6.45, 7) is 0. The van der Waals surface area contributed by atoms with Crippen molar-refractivity contribution in [3.63, 3.8) is 0 Å². The topological polar surface area (TPSA) is 81.5 Å². The van der Waals surface area contributed by atoms with E-state index in [-0.39, 0.29) is 16.4 Å². The van der Waals surface area contributed by atoms with E-state index in [9.17, 15) is 14.9 Å². The van der Waals surface area contributed by atoms with Crippen LogP contribution in [0, 0.1) is 10.1 Å². The van der Waals surface area contributed by atoms with Gasteiger partial charge in [0.05, 0.1) is 17.7 Å². The number of rotatable bonds is 5. The third-order valence-corrected chi connectivity index (χ3v) is 3.23. The van der Waals surface area contributed by atoms with Crippen LogP contribution < -0.4 is 10.1 Å². The van der Waals surface area contributed by atoms with E-state index in [0.29, 0.717) is 5.75 Å². The fourth-order valence-electron chi connectivity index (χ4n) is 1.85. The summed E-state index contributed by atoms with van der Waals surface area (Å²) in [5, 5.41) is 13.3. The van der Waals surface area contributed by atoms with Crippen LogP contribution in [0.3, 0.4) is 0 Å². The number of ether oxygens (including phenoxy) is 1. The summed E-state index contributed by atoms with van der Waals surface area (Å²) in [6, 6.07) is 13.0. The molecule has 118 valence electrons. The Kier molecular flexibility index (Phi) is 5.32. The lowest BCUT2D eigenvalue weighted by molar-refractivity contribution is -0.384. The average Bonchev–Trinajstić information content (AvgIpc) is 2.55. The summed E-state index contributed by atoms with van der Waals surface area (Å²) in [7, 11) is 1.40. The predicted molar refractivity (Wildman–Crippen MR) is 88.6 cm³/mol. The molecule has 0 aliphatic carbocycles. The molecule has 6 nitrogen and oxygen atoms in total. The summed E-state index contributed by atoms with van der Waals surface area (Å²) in [4.78, 5) is 22.4. The fraction of sp³-hybridized carbons (Fsp3) is 0.0625. The van der Waals surface area contributed by atoms with Crippen LogP contribution in [-0.2, 0) is 4.79 Å². The number of carbonyl (C=O) groups excluding carboxylic acids is 1. The highest BCUT2D eigenvalue weighted by molar-refractivity contribution is 6.45. The van der Waals surface area contributed by atoms with E-state index in [2.05, 4.69) is 5.32 Å². The Hall–Kier alpha value is -2.86. The number of nitro benzene ring substituents is 1. The van der Waals surface area contributed by atoms with Gasteiger partial charge in [0.1, 0.15) is 10.8 Å². The molecule has 0 fully saturated rings. The molecule has 0 aromatic heterocycles. The van der Waals surface area contributed by atoms with Crippen molar-refractivity contribution >= 4 is 35.0 Å². The Morgan fingerprint density at radius 3 is 2.57 bits per heavy atom. The molecule has 0 saturated carbocycles. The van der Waals surface area contributed by atoms with E-state index < -0.39 is 10.8 Å². The smallest absolute Gasteiger partial charge is 0.271 e. The molecular formula is C16H13ClN2O4. The van der Waals surface area contributed by atoms with Crippen molar-refractivity contribution in [3.05, 3.63) is 69.2 Å². The van der Waals surface area contributed by atoms with Crippen molar-refractivity contribution in [1.29, 1.82) is 0 Å². The molecule has 0 saturated heterocycles. The molecule has 0 radical (unpaired) electrons. The van der Waals surface area contributed by atoms with Gasteiger partial charge in [-0.3, -0.25) is 14.9 Å². The number of nitro groups is 1. The minimum absolute atomic E-state index is 0.0511. The van der Waals surface area contributed by atoms with E-state index in [1.807, 2.05) is 18.2 Å². The molecule has 0 atom stereocenters. The molecular weight excluding hydrogens is 320 g/mol. The minimum Gasteiger partial charge on any atom is -0.495 e. The van der Waals surface area contributed by atoms with Crippen LogP contribution in [0.1, 0.15) is 5.56 Å². The first-order valence-electron chi connectivity index (χ1n) is 6.57. The molecule has 0 aliphatic rings. The summed E-state index contributed by atoms with van der Waals surface area (Å²) in [5.74, 6) is -0.289. The monoisotopic (exact) mass is 332 g/mol. The first kappa shape index (κ1) is 16.5. The summed E-state index contributed by atoms with van der Waals surface area (Å²) in [5.41, 5.74) is 0.772. The molecule has 2 aromatic carbocycles. The molecule has 1 amide bonds. The first-order valence-corrected chi connectivity index (χ1v) is 6.95. The Labute approximate surface area is 137 Å². The Morgan fingerprint density at radius 1 is 1.26 bits per heavy atom. The van der Waals surface area contributed by atoms with Crippen molar-refractivity contribution in [3.8, 4) is 5.75 Å². The average molecular weight is 333 g/mol. The van der Waals surface area contributed by atoms with Gasteiger partial charge in [-0.05, 0) is 17.7 Å². The van der Waals surface area contributed by atoms with Crippen LogP contribution in [0.25, 0.3) is 6.08 Å². The van der Waals surface area contributed by atoms with Gasteiger partial charge in [0, 0.05) is 12.1 Å². The zero-order valence-corrected chi connectivity index (χ0v) is 12.9. The van der Waals surface area contributed by atoms with Crippen LogP contribution in [0.2, 0.25) is 0 Å². The number of nitrogens with one attached hydrogen (secondary N) is 1. The number of amides is 1. The lowest BCUT2D eigenvalue weighted by atomic mass is 10.2. The summed E-state index contributed by atoms with van der Waals surface area (Å²) < 4.78 is 5.08. The molecule has 2 aromatic rings. The molecule has 0 aliphatic heterocycles. The molecule has 0 heterocycles. The van der Waals surface area contributed by atoms with Crippen molar-refractivity contribution in [2.45, 2.75) is 0 Å². The number of methoxy groups -OCH3 is 1. The fourth-order valence-corrected chi connectivity index (χ4v) is 2.02. The normalized spacial score (nSPS) is 11.0. The van der Waals surface area contributed by atoms with Gasteiger partial charge in [-0.2, -0.15) is 0 Å². The van der Waals surface area contributed by atoms with Gasteiger partial charge in [-0.15, -0.1) is 0 Å². The van der Waals surface area contributed by atoms with Crippen LogP contribution >= 0.6 is 11.6 Å². The summed E-state index contributed by atoms with van der Waals surface area (Å²) >= 11 is 5.99. The molecule has 7 heteroatoms. The highest BCUT2D eigenvalue weighted by Crippen LogP contribution is 2.29. The number of carbonyl (C=O) groups is 1. The summed E-state index contributed by atoms with van der Waals surface area (Å²) in [6.07, 6.45) is 1.50. The molecule has 23 heavy (non-hydrogen) atoms. The molecule has 0 unspecified atom stereocenters. The highest BCUT2D eigenvalue weighted by Gasteiger charge is 2.15. The molecule has 2 rings (SSSR count). The Bertz CT molecular complexity index is 760. The molecule has 0 spiro atoms. The van der Waals surface area contributed by atoms with Crippen molar-refractivity contribution in [2.75, 3.05) is 12.4 Å². The van der Waals surface area contributed by atoms with Gasteiger partial charge in [0.25, 0.3) is 11.6 Å². The van der Waals surface area contributed by atoms with Gasteiger partial charge in [0.15, 0.2) is 0 Å². The van der Waals surface area contributed by atoms with Crippen molar-refractivity contribution in [2.24, 2.45) is 0 Å². The lowest BCUT2D eigenvalue weighted by Gasteiger charge is -2.09.